The van der Waals surface area contributed by atoms with E-state index in [1.807, 2.05) is 0 Å². The molecule has 3 heterocycles. The molecule has 1 aromatic carbocycles. The van der Waals surface area contributed by atoms with Crippen LogP contribution in [0.2, 0.25) is 0 Å². The number of carboxylic acids is 1. The van der Waals surface area contributed by atoms with Crippen LogP contribution in [0.25, 0.3) is 10.1 Å². The highest BCUT2D eigenvalue weighted by Gasteiger charge is 2.47. The van der Waals surface area contributed by atoms with Crippen LogP contribution in [0.5, 0.6) is 0 Å². The predicted molar refractivity (Wildman–Crippen MR) is 94.8 cm³/mol. The maximum absolute atomic E-state index is 11.9. The van der Waals surface area contributed by atoms with E-state index in [0.29, 0.717) is 6.54 Å². The number of piperidine rings is 1. The normalized spacial score (nSPS) is 20.3. The standard InChI is InChI=1S/C18H20N2O4S/c21-15(22)11-20-12-18(24-17(20)23)5-7-19(8-6-18)10-14-3-1-2-13-4-9-25-16(13)14/h1-4,9H,5-8,10-12H2,(H,21,22). The number of amides is 1. The van der Waals surface area contributed by atoms with E-state index in [0.717, 1.165) is 32.5 Å². The first-order valence-corrected chi connectivity index (χ1v) is 9.30. The Labute approximate surface area is 149 Å². The lowest BCUT2D eigenvalue weighted by molar-refractivity contribution is -0.137. The molecule has 1 spiro atoms. The Morgan fingerprint density at radius 2 is 2.08 bits per heavy atom. The zero-order chi connectivity index (χ0) is 17.4. The summed E-state index contributed by atoms with van der Waals surface area (Å²) in [7, 11) is 0. The molecule has 4 rings (SSSR count). The maximum Gasteiger partial charge on any atom is 0.411 e. The number of ether oxygens (including phenoxy) is 1. The van der Waals surface area contributed by atoms with E-state index < -0.39 is 17.7 Å². The molecule has 0 unspecified atom stereocenters. The fraction of sp³-hybridized carbons (Fsp3) is 0.444. The van der Waals surface area contributed by atoms with Gasteiger partial charge in [-0.3, -0.25) is 14.6 Å². The quantitative estimate of drug-likeness (QED) is 0.908. The molecule has 1 aromatic heterocycles. The van der Waals surface area contributed by atoms with Crippen LogP contribution in [0.3, 0.4) is 0 Å². The summed E-state index contributed by atoms with van der Waals surface area (Å²) in [6.07, 6.45) is 0.990. The molecule has 1 amide bonds. The Bertz CT molecular complexity index is 810. The van der Waals surface area contributed by atoms with Gasteiger partial charge in [-0.15, -0.1) is 11.3 Å². The number of nitrogens with zero attached hydrogens (tertiary/aromatic N) is 2. The highest BCUT2D eigenvalue weighted by Crippen LogP contribution is 2.34. The molecule has 0 radical (unpaired) electrons. The lowest BCUT2D eigenvalue weighted by Crippen LogP contribution is -2.46. The number of hydrogen-bond donors (Lipinski definition) is 1. The van der Waals surface area contributed by atoms with Gasteiger partial charge >= 0.3 is 12.1 Å². The number of carbonyl (C=O) groups is 2. The van der Waals surface area contributed by atoms with E-state index in [2.05, 4.69) is 34.5 Å². The number of thiophene rings is 1. The van der Waals surface area contributed by atoms with Gasteiger partial charge in [-0.1, -0.05) is 18.2 Å². The number of benzene rings is 1. The summed E-state index contributed by atoms with van der Waals surface area (Å²) in [5.41, 5.74) is 0.817. The first-order chi connectivity index (χ1) is 12.0. The van der Waals surface area contributed by atoms with Crippen molar-refractivity contribution in [3.05, 3.63) is 35.2 Å². The monoisotopic (exact) mass is 360 g/mol. The van der Waals surface area contributed by atoms with Crippen molar-refractivity contribution in [3.63, 3.8) is 0 Å². The van der Waals surface area contributed by atoms with Gasteiger partial charge in [-0.25, -0.2) is 4.79 Å². The summed E-state index contributed by atoms with van der Waals surface area (Å²) in [6.45, 7) is 2.67. The summed E-state index contributed by atoms with van der Waals surface area (Å²) >= 11 is 1.77. The van der Waals surface area contributed by atoms with Crippen molar-refractivity contribution in [2.45, 2.75) is 25.0 Å². The average molecular weight is 360 g/mol. The Morgan fingerprint density at radius 1 is 1.28 bits per heavy atom. The third-order valence-electron chi connectivity index (χ3n) is 5.09. The number of hydrogen-bond acceptors (Lipinski definition) is 5. The van der Waals surface area contributed by atoms with Crippen LogP contribution in [-0.4, -0.2) is 58.7 Å². The molecule has 0 aliphatic carbocycles. The third-order valence-corrected chi connectivity index (χ3v) is 6.09. The van der Waals surface area contributed by atoms with Crippen LogP contribution < -0.4 is 0 Å². The van der Waals surface area contributed by atoms with Crippen LogP contribution >= 0.6 is 11.3 Å². The van der Waals surface area contributed by atoms with E-state index in [9.17, 15) is 9.59 Å². The highest BCUT2D eigenvalue weighted by atomic mass is 32.1. The van der Waals surface area contributed by atoms with Crippen molar-refractivity contribution in [3.8, 4) is 0 Å². The van der Waals surface area contributed by atoms with Gasteiger partial charge in [0.15, 0.2) is 0 Å². The van der Waals surface area contributed by atoms with Crippen molar-refractivity contribution in [2.75, 3.05) is 26.2 Å². The van der Waals surface area contributed by atoms with Crippen LogP contribution in [-0.2, 0) is 16.1 Å². The first-order valence-electron chi connectivity index (χ1n) is 8.42. The minimum absolute atomic E-state index is 0.287. The molecule has 1 N–H and O–H groups in total. The van der Waals surface area contributed by atoms with Gasteiger partial charge in [0.1, 0.15) is 12.1 Å². The Balaban J connectivity index is 1.40. The zero-order valence-corrected chi connectivity index (χ0v) is 14.6. The van der Waals surface area contributed by atoms with Crippen molar-refractivity contribution in [1.29, 1.82) is 0 Å². The largest absolute Gasteiger partial charge is 0.480 e. The van der Waals surface area contributed by atoms with Crippen LogP contribution in [0.4, 0.5) is 4.79 Å². The number of carboxylic acid groups (broad SMARTS) is 1. The number of rotatable bonds is 4. The van der Waals surface area contributed by atoms with Gasteiger partial charge in [0, 0.05) is 37.2 Å². The molecule has 7 heteroatoms. The third kappa shape index (κ3) is 3.21. The molecule has 0 bridgehead atoms. The van der Waals surface area contributed by atoms with Gasteiger partial charge in [0.2, 0.25) is 0 Å². The number of fused-ring (bicyclic) bond motifs is 1. The van der Waals surface area contributed by atoms with Gasteiger partial charge in [0.25, 0.3) is 0 Å². The second-order valence-electron chi connectivity index (χ2n) is 6.83. The van der Waals surface area contributed by atoms with Gasteiger partial charge < -0.3 is 9.84 Å². The van der Waals surface area contributed by atoms with E-state index in [-0.39, 0.29) is 6.54 Å². The Hall–Kier alpha value is -2.12. The molecular formula is C18H20N2O4S. The van der Waals surface area contributed by atoms with E-state index in [1.54, 1.807) is 11.3 Å². The minimum atomic E-state index is -1.00. The summed E-state index contributed by atoms with van der Waals surface area (Å²) in [5, 5.41) is 12.3. The highest BCUT2D eigenvalue weighted by molar-refractivity contribution is 7.17. The lowest BCUT2D eigenvalue weighted by atomic mass is 9.91. The molecular weight excluding hydrogens is 340 g/mol. The van der Waals surface area contributed by atoms with E-state index in [4.69, 9.17) is 9.84 Å². The first kappa shape index (κ1) is 16.4. The molecule has 2 aliphatic rings. The summed E-state index contributed by atoms with van der Waals surface area (Å²) in [5.74, 6) is -1.00. The molecule has 2 aliphatic heterocycles. The number of aliphatic carboxylic acids is 1. The second kappa shape index (κ2) is 6.31. The van der Waals surface area contributed by atoms with Gasteiger partial charge in [0.05, 0.1) is 6.54 Å². The lowest BCUT2D eigenvalue weighted by Gasteiger charge is -2.37. The molecule has 0 saturated carbocycles. The summed E-state index contributed by atoms with van der Waals surface area (Å²) < 4.78 is 6.89. The summed E-state index contributed by atoms with van der Waals surface area (Å²) in [6, 6.07) is 8.55. The maximum atomic E-state index is 11.9. The molecule has 2 fully saturated rings. The molecule has 2 saturated heterocycles. The van der Waals surface area contributed by atoms with E-state index >= 15 is 0 Å². The van der Waals surface area contributed by atoms with Crippen molar-refractivity contribution >= 4 is 33.5 Å². The minimum Gasteiger partial charge on any atom is -0.480 e. The molecule has 132 valence electrons. The van der Waals surface area contributed by atoms with Crippen molar-refractivity contribution in [2.24, 2.45) is 0 Å². The molecule has 0 atom stereocenters. The summed E-state index contributed by atoms with van der Waals surface area (Å²) in [4.78, 5) is 26.4. The van der Waals surface area contributed by atoms with Crippen molar-refractivity contribution < 1.29 is 19.4 Å². The fourth-order valence-electron chi connectivity index (χ4n) is 3.78. The van der Waals surface area contributed by atoms with Crippen LogP contribution in [0.15, 0.2) is 29.6 Å². The smallest absolute Gasteiger partial charge is 0.411 e. The van der Waals surface area contributed by atoms with Crippen LogP contribution in [0.1, 0.15) is 18.4 Å². The topological polar surface area (TPSA) is 70.1 Å². The van der Waals surface area contributed by atoms with E-state index in [1.165, 1.54) is 20.5 Å². The fourth-order valence-corrected chi connectivity index (χ4v) is 4.68. The van der Waals surface area contributed by atoms with Gasteiger partial charge in [-0.05, 0) is 22.4 Å². The van der Waals surface area contributed by atoms with Crippen LogP contribution in [0, 0.1) is 0 Å². The van der Waals surface area contributed by atoms with Crippen molar-refractivity contribution in [1.82, 2.24) is 9.80 Å². The Morgan fingerprint density at radius 3 is 2.84 bits per heavy atom. The second-order valence-corrected chi connectivity index (χ2v) is 7.75. The average Bonchev–Trinajstić information content (AvgIpc) is 3.16. The van der Waals surface area contributed by atoms with Gasteiger partial charge in [-0.2, -0.15) is 0 Å². The molecule has 25 heavy (non-hydrogen) atoms. The Kier molecular flexibility index (Phi) is 4.13. The number of carbonyl (C=O) groups excluding carboxylic acids is 1. The zero-order valence-electron chi connectivity index (χ0n) is 13.8. The predicted octanol–water partition coefficient (Wildman–Crippen LogP) is 2.77. The SMILES string of the molecule is O=C(O)CN1CC2(CCN(Cc3cccc4ccsc34)CC2)OC1=O. The number of likely N-dealkylation sites (tertiary alicyclic amines) is 1. The molecule has 6 nitrogen and oxygen atoms in total. The molecule has 2 aromatic rings.